The zero-order valence-corrected chi connectivity index (χ0v) is 21.0. The van der Waals surface area contributed by atoms with Crippen molar-refractivity contribution < 1.29 is 36.9 Å². The van der Waals surface area contributed by atoms with Gasteiger partial charge in [0.25, 0.3) is 5.56 Å². The first-order valence-electron chi connectivity index (χ1n) is 9.81. The van der Waals surface area contributed by atoms with Crippen molar-refractivity contribution >= 4 is 36.0 Å². The van der Waals surface area contributed by atoms with Gasteiger partial charge in [0, 0.05) is 25.8 Å². The van der Waals surface area contributed by atoms with Crippen molar-refractivity contribution in [3.05, 3.63) is 77.6 Å². The maximum absolute atomic E-state index is 14.7. The third kappa shape index (κ3) is 6.27. The van der Waals surface area contributed by atoms with Crippen LogP contribution in [-0.4, -0.2) is 37.4 Å². The Balaban J connectivity index is 2.00. The maximum atomic E-state index is 14.7. The molecule has 0 radical (unpaired) electrons. The molecule has 1 atom stereocenters. The predicted octanol–water partition coefficient (Wildman–Crippen LogP) is 3.61. The molecule has 3 rings (SSSR count). The Morgan fingerprint density at radius 1 is 1.23 bits per heavy atom. The number of nitrogens with zero attached hydrogens (tertiary/aromatic N) is 2. The molecule has 0 aliphatic carbocycles. The molecular weight excluding hydrogens is 615 g/mol. The molecule has 0 spiro atoms. The van der Waals surface area contributed by atoms with Gasteiger partial charge in [-0.2, -0.15) is 13.2 Å². The molecule has 1 unspecified atom stereocenters. The zero-order valence-electron chi connectivity index (χ0n) is 18.1. The standard InChI is InChI=1S/C21H18ClF4IN2O6/c1-3-33-18(31)10-34-19-14(5-4-6-27-19)35-15-8-13(12(23)7-11(15)22)29-17(30)9-16(21(24,25)26)28(2)20(29)32/h4-9,18,31H,3,10H2,1-2H3. The van der Waals surface area contributed by atoms with Gasteiger partial charge in [-0.3, -0.25) is 9.36 Å². The number of hydrogen-bond donors (Lipinski definition) is 1. The lowest BCUT2D eigenvalue weighted by Gasteiger charge is -2.18. The van der Waals surface area contributed by atoms with E-state index in [9.17, 15) is 32.3 Å². The molecule has 2 heterocycles. The molecule has 35 heavy (non-hydrogen) atoms. The Hall–Kier alpha value is -2.33. The van der Waals surface area contributed by atoms with Gasteiger partial charge in [-0.05, 0) is 23.1 Å². The number of aliphatic hydroxyl groups excluding tert-OH is 1. The maximum Gasteiger partial charge on any atom is 0.431 e. The fraction of sp³-hybridized carbons (Fsp3) is 0.286. The van der Waals surface area contributed by atoms with E-state index in [4.69, 9.17) is 25.8 Å². The molecule has 190 valence electrons. The third-order valence-electron chi connectivity index (χ3n) is 4.46. The average Bonchev–Trinajstić information content (AvgIpc) is 2.78. The summed E-state index contributed by atoms with van der Waals surface area (Å²) in [6.07, 6.45) is -2.94. The smallest absolute Gasteiger partial charge is 0.431 e. The SMILES string of the molecule is CCOC(O)COC1=IC=CC=C1Oc1cc(-n2c(=O)cc(C(F)(F)F)n(C)c2=O)c(F)cc1Cl. The highest BCUT2D eigenvalue weighted by Crippen LogP contribution is 2.32. The van der Waals surface area contributed by atoms with E-state index in [0.717, 1.165) is 19.2 Å². The van der Waals surface area contributed by atoms with Gasteiger partial charge in [0.15, 0.2) is 15.7 Å². The highest BCUT2D eigenvalue weighted by Gasteiger charge is 2.35. The lowest BCUT2D eigenvalue weighted by molar-refractivity contribution is -0.144. The van der Waals surface area contributed by atoms with Crippen LogP contribution in [0.3, 0.4) is 0 Å². The topological polar surface area (TPSA) is 91.9 Å². The van der Waals surface area contributed by atoms with E-state index >= 15 is 0 Å². The minimum atomic E-state index is -4.97. The summed E-state index contributed by atoms with van der Waals surface area (Å²) in [5.74, 6) is -1.14. The van der Waals surface area contributed by atoms with Crippen LogP contribution in [0.4, 0.5) is 17.6 Å². The molecule has 1 aliphatic rings. The first-order valence-corrected chi connectivity index (χ1v) is 12.5. The van der Waals surface area contributed by atoms with E-state index in [1.807, 2.05) is 4.08 Å². The fourth-order valence-corrected chi connectivity index (χ4v) is 4.79. The molecule has 8 nitrogen and oxygen atoms in total. The van der Waals surface area contributed by atoms with Gasteiger partial charge in [-0.25, -0.2) is 13.8 Å². The Morgan fingerprint density at radius 2 is 1.94 bits per heavy atom. The van der Waals surface area contributed by atoms with Crippen molar-refractivity contribution in [2.75, 3.05) is 13.2 Å². The molecule has 1 aromatic carbocycles. The molecule has 1 N–H and O–H groups in total. The van der Waals surface area contributed by atoms with E-state index < -0.39 is 61.6 Å². The molecular formula is C21H18ClF4IN2O6. The van der Waals surface area contributed by atoms with Crippen LogP contribution < -0.4 is 16.0 Å². The molecule has 0 saturated heterocycles. The van der Waals surface area contributed by atoms with Crippen molar-refractivity contribution in [1.82, 2.24) is 9.13 Å². The van der Waals surface area contributed by atoms with Gasteiger partial charge < -0.3 is 19.3 Å². The second-order valence-corrected chi connectivity index (χ2v) is 9.56. The molecule has 0 saturated carbocycles. The Morgan fingerprint density at radius 3 is 2.60 bits per heavy atom. The minimum absolute atomic E-state index is 0.177. The Kier molecular flexibility index (Phi) is 8.69. The number of rotatable bonds is 8. The van der Waals surface area contributed by atoms with Crippen LogP contribution in [0.25, 0.3) is 5.69 Å². The summed E-state index contributed by atoms with van der Waals surface area (Å²) in [6.45, 7) is 1.78. The summed E-state index contributed by atoms with van der Waals surface area (Å²) in [4.78, 5) is 24.9. The summed E-state index contributed by atoms with van der Waals surface area (Å²) in [5.41, 5.74) is -4.94. The lowest BCUT2D eigenvalue weighted by atomic mass is 10.2. The minimum Gasteiger partial charge on any atom is -0.452 e. The molecule has 0 amide bonds. The molecule has 0 bridgehead atoms. The van der Waals surface area contributed by atoms with Crippen LogP contribution in [0.5, 0.6) is 5.75 Å². The average molecular weight is 633 g/mol. The normalized spacial score (nSPS) is 14.7. The van der Waals surface area contributed by atoms with Crippen LogP contribution in [0.15, 0.2) is 49.8 Å². The zero-order chi connectivity index (χ0) is 25.9. The summed E-state index contributed by atoms with van der Waals surface area (Å²) < 4.78 is 73.1. The quantitative estimate of drug-likeness (QED) is 0.272. The summed E-state index contributed by atoms with van der Waals surface area (Å²) in [7, 11) is 0.810. The van der Waals surface area contributed by atoms with Crippen molar-refractivity contribution in [2.45, 2.75) is 19.4 Å². The van der Waals surface area contributed by atoms with Gasteiger partial charge >= 0.3 is 11.9 Å². The predicted molar refractivity (Wildman–Crippen MR) is 128 cm³/mol. The van der Waals surface area contributed by atoms with Crippen molar-refractivity contribution in [1.29, 1.82) is 0 Å². The summed E-state index contributed by atoms with van der Waals surface area (Å²) in [6, 6.07) is 1.89. The molecule has 2 aromatic rings. The highest BCUT2D eigenvalue weighted by atomic mass is 127. The Bertz CT molecular complexity index is 1330. The number of ether oxygens (including phenoxy) is 3. The van der Waals surface area contributed by atoms with Crippen LogP contribution >= 0.6 is 32.3 Å². The van der Waals surface area contributed by atoms with Gasteiger partial charge in [-0.1, -0.05) is 38.4 Å². The van der Waals surface area contributed by atoms with Crippen LogP contribution in [-0.2, 0) is 22.7 Å². The monoisotopic (exact) mass is 632 g/mol. The number of aromatic nitrogens is 2. The third-order valence-corrected chi connectivity index (χ3v) is 6.94. The number of aliphatic hydroxyl groups is 1. The van der Waals surface area contributed by atoms with Gasteiger partial charge in [0.2, 0.25) is 0 Å². The number of benzene rings is 1. The van der Waals surface area contributed by atoms with E-state index in [1.165, 1.54) is 6.08 Å². The molecule has 0 fully saturated rings. The van der Waals surface area contributed by atoms with Crippen molar-refractivity contribution in [3.8, 4) is 11.4 Å². The Labute approximate surface area is 210 Å². The first-order chi connectivity index (χ1) is 16.4. The number of halogens is 6. The van der Waals surface area contributed by atoms with Crippen LogP contribution in [0.1, 0.15) is 12.6 Å². The molecule has 1 aliphatic heterocycles. The number of alkyl halides is 3. The van der Waals surface area contributed by atoms with E-state index in [2.05, 4.69) is 0 Å². The fourth-order valence-electron chi connectivity index (χ4n) is 2.90. The van der Waals surface area contributed by atoms with E-state index in [1.54, 1.807) is 13.0 Å². The highest BCUT2D eigenvalue weighted by molar-refractivity contribution is 14.2. The van der Waals surface area contributed by atoms with Gasteiger partial charge in [-0.15, -0.1) is 0 Å². The molecule has 14 heteroatoms. The van der Waals surface area contributed by atoms with E-state index in [-0.39, 0.29) is 44.9 Å². The van der Waals surface area contributed by atoms with Crippen LogP contribution in [0, 0.1) is 5.82 Å². The second-order valence-electron chi connectivity index (χ2n) is 6.83. The van der Waals surface area contributed by atoms with Crippen LogP contribution in [0.2, 0.25) is 5.02 Å². The van der Waals surface area contributed by atoms with Crippen molar-refractivity contribution in [3.63, 3.8) is 0 Å². The number of hydrogen-bond acceptors (Lipinski definition) is 6. The second kappa shape index (κ2) is 11.2. The lowest BCUT2D eigenvalue weighted by Crippen LogP contribution is -2.41. The largest absolute Gasteiger partial charge is 0.452 e. The summed E-state index contributed by atoms with van der Waals surface area (Å²) >= 11 is 5.28. The number of allylic oxidation sites excluding steroid dienone is 2. The first kappa shape index (κ1) is 27.3. The summed E-state index contributed by atoms with van der Waals surface area (Å²) in [5, 5.41) is 9.48. The molecule has 1 aromatic heterocycles. The van der Waals surface area contributed by atoms with Gasteiger partial charge in [0.05, 0.1) is 10.7 Å². The van der Waals surface area contributed by atoms with Crippen molar-refractivity contribution in [2.24, 2.45) is 7.05 Å². The van der Waals surface area contributed by atoms with Gasteiger partial charge in [0.1, 0.15) is 23.9 Å². The van der Waals surface area contributed by atoms with E-state index in [0.29, 0.717) is 3.69 Å².